The molecule has 0 aromatic heterocycles. The Kier molecular flexibility index (Phi) is 1.90. The third kappa shape index (κ3) is 1.24. The van der Waals surface area contributed by atoms with Gasteiger partial charge in [0, 0.05) is 18.5 Å². The highest BCUT2D eigenvalue weighted by Gasteiger charge is 2.44. The van der Waals surface area contributed by atoms with Crippen molar-refractivity contribution >= 4 is 5.78 Å². The molecular weight excluding hydrogens is 190 g/mol. The fourth-order valence-electron chi connectivity index (χ4n) is 2.55. The second kappa shape index (κ2) is 3.15. The SMILES string of the molecule is O=C1CC2(CCNCO2)c2ccccc21. The van der Waals surface area contributed by atoms with Crippen molar-refractivity contribution in [1.82, 2.24) is 5.32 Å². The lowest BCUT2D eigenvalue weighted by Gasteiger charge is -2.34. The third-order valence-corrected chi connectivity index (χ3v) is 3.32. The van der Waals surface area contributed by atoms with Crippen molar-refractivity contribution in [3.63, 3.8) is 0 Å². The van der Waals surface area contributed by atoms with Crippen LogP contribution in [0.2, 0.25) is 0 Å². The molecule has 1 spiro atoms. The Hall–Kier alpha value is -1.19. The number of ether oxygens (including phenoxy) is 1. The minimum absolute atomic E-state index is 0.215. The molecule has 3 nitrogen and oxygen atoms in total. The van der Waals surface area contributed by atoms with Crippen LogP contribution in [0.1, 0.15) is 28.8 Å². The van der Waals surface area contributed by atoms with Crippen LogP contribution < -0.4 is 5.32 Å². The second-order valence-electron chi connectivity index (χ2n) is 4.18. The Morgan fingerprint density at radius 1 is 1.33 bits per heavy atom. The van der Waals surface area contributed by atoms with Crippen LogP contribution >= 0.6 is 0 Å². The molecule has 1 fully saturated rings. The van der Waals surface area contributed by atoms with Crippen molar-refractivity contribution < 1.29 is 9.53 Å². The molecule has 0 bridgehead atoms. The smallest absolute Gasteiger partial charge is 0.166 e. The van der Waals surface area contributed by atoms with Gasteiger partial charge in [0.2, 0.25) is 0 Å². The third-order valence-electron chi connectivity index (χ3n) is 3.32. The molecule has 78 valence electrons. The van der Waals surface area contributed by atoms with E-state index >= 15 is 0 Å². The number of rotatable bonds is 0. The van der Waals surface area contributed by atoms with Gasteiger partial charge in [-0.1, -0.05) is 24.3 Å². The number of nitrogens with one attached hydrogen (secondary N) is 1. The molecule has 0 radical (unpaired) electrons. The molecule has 1 unspecified atom stereocenters. The summed E-state index contributed by atoms with van der Waals surface area (Å²) in [6.07, 6.45) is 1.39. The molecule has 3 heteroatoms. The Morgan fingerprint density at radius 3 is 3.00 bits per heavy atom. The van der Waals surface area contributed by atoms with Crippen LogP contribution in [0, 0.1) is 0 Å². The highest BCUT2D eigenvalue weighted by Crippen LogP contribution is 2.43. The lowest BCUT2D eigenvalue weighted by molar-refractivity contribution is -0.0841. The summed E-state index contributed by atoms with van der Waals surface area (Å²) in [5.74, 6) is 0.215. The lowest BCUT2D eigenvalue weighted by atomic mass is 9.91. The molecule has 2 aliphatic rings. The number of hydrogen-bond donors (Lipinski definition) is 1. The molecule has 0 saturated carbocycles. The first-order chi connectivity index (χ1) is 7.32. The predicted molar refractivity (Wildman–Crippen MR) is 55.6 cm³/mol. The van der Waals surface area contributed by atoms with Crippen LogP contribution in [0.15, 0.2) is 24.3 Å². The van der Waals surface area contributed by atoms with E-state index in [1.807, 2.05) is 24.3 Å². The number of carbonyl (C=O) groups is 1. The Balaban J connectivity index is 2.10. The number of carbonyl (C=O) groups excluding carboxylic acids is 1. The Bertz CT molecular complexity index is 408. The fraction of sp³-hybridized carbons (Fsp3) is 0.417. The highest BCUT2D eigenvalue weighted by molar-refractivity contribution is 6.01. The lowest BCUT2D eigenvalue weighted by Crippen LogP contribution is -2.41. The van der Waals surface area contributed by atoms with E-state index in [1.165, 1.54) is 0 Å². The van der Waals surface area contributed by atoms with Crippen molar-refractivity contribution in [3.8, 4) is 0 Å². The summed E-state index contributed by atoms with van der Waals surface area (Å²) in [6.45, 7) is 1.46. The molecule has 1 heterocycles. The van der Waals surface area contributed by atoms with Gasteiger partial charge in [-0.05, 0) is 12.0 Å². The van der Waals surface area contributed by atoms with Crippen molar-refractivity contribution in [2.45, 2.75) is 18.4 Å². The molecule has 3 rings (SSSR count). The maximum atomic E-state index is 11.8. The first-order valence-electron chi connectivity index (χ1n) is 5.29. The van der Waals surface area contributed by atoms with Gasteiger partial charge in [-0.15, -0.1) is 0 Å². The summed E-state index contributed by atoms with van der Waals surface area (Å²) in [5.41, 5.74) is 1.59. The molecule has 1 saturated heterocycles. The van der Waals surface area contributed by atoms with Gasteiger partial charge >= 0.3 is 0 Å². The highest BCUT2D eigenvalue weighted by atomic mass is 16.5. The van der Waals surface area contributed by atoms with Crippen molar-refractivity contribution in [2.75, 3.05) is 13.3 Å². The van der Waals surface area contributed by atoms with Gasteiger partial charge in [-0.25, -0.2) is 0 Å². The first kappa shape index (κ1) is 9.07. The largest absolute Gasteiger partial charge is 0.355 e. The van der Waals surface area contributed by atoms with E-state index in [2.05, 4.69) is 5.32 Å². The number of benzene rings is 1. The second-order valence-corrected chi connectivity index (χ2v) is 4.18. The molecule has 0 amide bonds. The van der Waals surface area contributed by atoms with Crippen LogP contribution in [0.5, 0.6) is 0 Å². The molecule has 1 aromatic rings. The zero-order chi connectivity index (χ0) is 10.3. The zero-order valence-corrected chi connectivity index (χ0v) is 8.45. The molecule has 1 N–H and O–H groups in total. The van der Waals surface area contributed by atoms with E-state index < -0.39 is 0 Å². The first-order valence-corrected chi connectivity index (χ1v) is 5.29. The summed E-state index contributed by atoms with van der Waals surface area (Å²) in [4.78, 5) is 11.8. The van der Waals surface area contributed by atoms with Crippen molar-refractivity contribution in [3.05, 3.63) is 35.4 Å². The van der Waals surface area contributed by atoms with Crippen LogP contribution in [0.25, 0.3) is 0 Å². The summed E-state index contributed by atoms with van der Waals surface area (Å²) >= 11 is 0. The molecule has 15 heavy (non-hydrogen) atoms. The minimum Gasteiger partial charge on any atom is -0.355 e. The molecule has 1 aliphatic heterocycles. The van der Waals surface area contributed by atoms with E-state index in [-0.39, 0.29) is 11.4 Å². The molecule has 1 atom stereocenters. The van der Waals surface area contributed by atoms with E-state index in [1.54, 1.807) is 0 Å². The van der Waals surface area contributed by atoms with Gasteiger partial charge < -0.3 is 4.74 Å². The normalized spacial score (nSPS) is 29.5. The van der Waals surface area contributed by atoms with Gasteiger partial charge in [-0.3, -0.25) is 10.1 Å². The number of fused-ring (bicyclic) bond motifs is 2. The average molecular weight is 203 g/mol. The van der Waals surface area contributed by atoms with Crippen LogP contribution in [0.3, 0.4) is 0 Å². The van der Waals surface area contributed by atoms with E-state index in [4.69, 9.17) is 4.74 Å². The average Bonchev–Trinajstić information content (AvgIpc) is 2.55. The van der Waals surface area contributed by atoms with Gasteiger partial charge in [-0.2, -0.15) is 0 Å². The van der Waals surface area contributed by atoms with E-state index in [9.17, 15) is 4.79 Å². The predicted octanol–water partition coefficient (Wildman–Crippen LogP) is 1.44. The Labute approximate surface area is 88.4 Å². The number of ketones is 1. The number of hydrogen-bond acceptors (Lipinski definition) is 3. The number of Topliss-reactive ketones (excluding diaryl/α,β-unsaturated/α-hetero) is 1. The summed E-state index contributed by atoms with van der Waals surface area (Å²) in [7, 11) is 0. The molecule has 1 aliphatic carbocycles. The van der Waals surface area contributed by atoms with Gasteiger partial charge in [0.15, 0.2) is 5.78 Å². The summed E-state index contributed by atoms with van der Waals surface area (Å²) in [5, 5.41) is 3.15. The zero-order valence-electron chi connectivity index (χ0n) is 8.45. The fourth-order valence-corrected chi connectivity index (χ4v) is 2.55. The molecule has 1 aromatic carbocycles. The Morgan fingerprint density at radius 2 is 2.20 bits per heavy atom. The van der Waals surface area contributed by atoms with Crippen molar-refractivity contribution in [1.29, 1.82) is 0 Å². The van der Waals surface area contributed by atoms with Crippen LogP contribution in [-0.4, -0.2) is 19.1 Å². The van der Waals surface area contributed by atoms with E-state index in [0.29, 0.717) is 13.2 Å². The maximum absolute atomic E-state index is 11.8. The van der Waals surface area contributed by atoms with Crippen LogP contribution in [0.4, 0.5) is 0 Å². The summed E-state index contributed by atoms with van der Waals surface area (Å²) in [6, 6.07) is 7.81. The van der Waals surface area contributed by atoms with E-state index in [0.717, 1.165) is 24.1 Å². The molecular formula is C12H13NO2. The van der Waals surface area contributed by atoms with Gasteiger partial charge in [0.25, 0.3) is 0 Å². The standard InChI is InChI=1S/C12H13NO2/c14-11-7-12(5-6-13-8-15-12)10-4-2-1-3-9(10)11/h1-4,13H,5-8H2. The van der Waals surface area contributed by atoms with Gasteiger partial charge in [0.05, 0.1) is 6.73 Å². The maximum Gasteiger partial charge on any atom is 0.166 e. The quantitative estimate of drug-likeness (QED) is 0.693. The van der Waals surface area contributed by atoms with Gasteiger partial charge in [0.1, 0.15) is 5.60 Å². The minimum atomic E-state index is -0.334. The van der Waals surface area contributed by atoms with Crippen molar-refractivity contribution in [2.24, 2.45) is 0 Å². The topological polar surface area (TPSA) is 38.3 Å². The van der Waals surface area contributed by atoms with Crippen LogP contribution in [-0.2, 0) is 10.3 Å². The monoisotopic (exact) mass is 203 g/mol. The summed E-state index contributed by atoms with van der Waals surface area (Å²) < 4.78 is 5.79.